The highest BCUT2D eigenvalue weighted by Gasteiger charge is 2.15. The average Bonchev–Trinajstić information content (AvgIpc) is 2.91. The number of aliphatic carboxylic acids is 2. The van der Waals surface area contributed by atoms with Crippen LogP contribution < -0.4 is 0 Å². The molecule has 0 aliphatic heterocycles. The molecule has 17 heteroatoms. The van der Waals surface area contributed by atoms with Crippen molar-refractivity contribution in [3.63, 3.8) is 0 Å². The van der Waals surface area contributed by atoms with Gasteiger partial charge in [0.1, 0.15) is 13.2 Å². The van der Waals surface area contributed by atoms with Gasteiger partial charge in [-0.1, -0.05) is 0 Å². The van der Waals surface area contributed by atoms with E-state index in [-0.39, 0.29) is 26.1 Å². The number of hydrogen-bond donors (Lipinski definition) is 2. The number of carbonyl (C=O) groups excluding carboxylic acids is 6. The molecule has 0 amide bonds. The number of carbonyl (C=O) groups is 8. The summed E-state index contributed by atoms with van der Waals surface area (Å²) in [5, 5.41) is 17.0. The van der Waals surface area contributed by atoms with Crippen molar-refractivity contribution in [3.8, 4) is 0 Å². The van der Waals surface area contributed by atoms with Crippen molar-refractivity contribution in [2.75, 3.05) is 52.9 Å². The van der Waals surface area contributed by atoms with Gasteiger partial charge in [-0.3, -0.25) is 9.59 Å². The molecule has 2 N–H and O–H groups in total. The second kappa shape index (κ2) is 23.6. The summed E-state index contributed by atoms with van der Waals surface area (Å²) in [5.74, 6) is -7.69. The third kappa shape index (κ3) is 25.7. The third-order valence-electron chi connectivity index (χ3n) is 4.44. The van der Waals surface area contributed by atoms with E-state index in [9.17, 15) is 38.4 Å². The summed E-state index contributed by atoms with van der Waals surface area (Å²) in [5.41, 5.74) is 0. The average molecular weight is 595 g/mol. The van der Waals surface area contributed by atoms with Crippen molar-refractivity contribution in [3.05, 3.63) is 0 Å². The maximum absolute atomic E-state index is 11.5. The molecule has 0 aliphatic rings. The van der Waals surface area contributed by atoms with E-state index in [0.29, 0.717) is 38.5 Å². The van der Waals surface area contributed by atoms with Crippen LogP contribution in [-0.4, -0.2) is 111 Å². The minimum atomic E-state index is -1.05. The van der Waals surface area contributed by atoms with Crippen molar-refractivity contribution < 1.29 is 81.7 Å². The summed E-state index contributed by atoms with van der Waals surface area (Å²) in [7, 11) is 0. The van der Waals surface area contributed by atoms with E-state index in [0.717, 1.165) is 0 Å². The highest BCUT2D eigenvalue weighted by molar-refractivity contribution is 5.81. The molecule has 0 saturated heterocycles. The standard InChI is InChI=1S/C24H34O17/c25-17(26)7-3-1-5-9-36-21(31)13-40-23(33)15-38-19(29)11-35-12-20(30)39-16-24(34)41-14-22(32)37-10-6-2-4-8-18(27)28/h1-16H2,(H,25,26)(H,27,28). The van der Waals surface area contributed by atoms with Gasteiger partial charge in [-0.2, -0.15) is 0 Å². The van der Waals surface area contributed by atoms with E-state index >= 15 is 0 Å². The second-order valence-electron chi connectivity index (χ2n) is 7.99. The minimum Gasteiger partial charge on any atom is -0.481 e. The zero-order valence-electron chi connectivity index (χ0n) is 22.3. The molecule has 41 heavy (non-hydrogen) atoms. The molecule has 0 aromatic heterocycles. The van der Waals surface area contributed by atoms with Crippen molar-refractivity contribution in [1.82, 2.24) is 0 Å². The Hall–Kier alpha value is -4.28. The summed E-state index contributed by atoms with van der Waals surface area (Å²) in [4.78, 5) is 89.7. The third-order valence-corrected chi connectivity index (χ3v) is 4.44. The second-order valence-corrected chi connectivity index (χ2v) is 7.99. The number of ether oxygens (including phenoxy) is 7. The SMILES string of the molecule is O=C(O)CCCCCOC(=O)COC(=O)COC(=O)COCC(=O)OCC(=O)OCC(=O)OCCCCCC(=O)O. The summed E-state index contributed by atoms with van der Waals surface area (Å²) < 4.78 is 32.5. The van der Waals surface area contributed by atoms with Crippen molar-refractivity contribution in [2.24, 2.45) is 0 Å². The Labute approximate surface area is 234 Å². The van der Waals surface area contributed by atoms with Gasteiger partial charge < -0.3 is 43.4 Å². The molecule has 0 aromatic rings. The Bertz CT molecular complexity index is 811. The van der Waals surface area contributed by atoms with Gasteiger partial charge in [0.15, 0.2) is 26.4 Å². The number of carboxylic acids is 2. The van der Waals surface area contributed by atoms with Crippen LogP contribution in [-0.2, 0) is 71.5 Å². The fourth-order valence-corrected chi connectivity index (χ4v) is 2.51. The topological polar surface area (TPSA) is 242 Å². The number of esters is 6. The van der Waals surface area contributed by atoms with Gasteiger partial charge in [0.2, 0.25) is 0 Å². The van der Waals surface area contributed by atoms with Crippen LogP contribution >= 0.6 is 0 Å². The van der Waals surface area contributed by atoms with E-state index in [2.05, 4.69) is 18.9 Å². The van der Waals surface area contributed by atoms with Crippen LogP contribution in [0.3, 0.4) is 0 Å². The normalized spacial score (nSPS) is 10.1. The number of hydrogen-bond acceptors (Lipinski definition) is 15. The molecule has 0 unspecified atom stereocenters. The lowest BCUT2D eigenvalue weighted by atomic mass is 10.2. The fraction of sp³-hybridized carbons (Fsp3) is 0.667. The molecule has 232 valence electrons. The molecule has 0 fully saturated rings. The van der Waals surface area contributed by atoms with Crippen molar-refractivity contribution in [1.29, 1.82) is 0 Å². The molecular formula is C24H34O17. The first-order valence-electron chi connectivity index (χ1n) is 12.4. The fourth-order valence-electron chi connectivity index (χ4n) is 2.51. The van der Waals surface area contributed by atoms with Gasteiger partial charge in [-0.05, 0) is 38.5 Å². The number of carboxylic acid groups (broad SMARTS) is 2. The van der Waals surface area contributed by atoms with Gasteiger partial charge in [0, 0.05) is 12.8 Å². The Morgan fingerprint density at radius 1 is 0.366 bits per heavy atom. The van der Waals surface area contributed by atoms with E-state index in [4.69, 9.17) is 24.4 Å². The molecule has 0 radical (unpaired) electrons. The molecule has 0 spiro atoms. The molecule has 0 rings (SSSR count). The molecule has 0 atom stereocenters. The Balaban J connectivity index is 3.76. The van der Waals surface area contributed by atoms with E-state index in [1.54, 1.807) is 0 Å². The summed E-state index contributed by atoms with van der Waals surface area (Å²) in [6.07, 6.45) is 2.88. The summed E-state index contributed by atoms with van der Waals surface area (Å²) in [6.45, 7) is -4.55. The van der Waals surface area contributed by atoms with Crippen LogP contribution in [0.5, 0.6) is 0 Å². The molecule has 0 aliphatic carbocycles. The lowest BCUT2D eigenvalue weighted by molar-refractivity contribution is -0.169. The predicted molar refractivity (Wildman–Crippen MR) is 129 cm³/mol. The minimum absolute atomic E-state index is 0.0136. The Morgan fingerprint density at radius 3 is 0.976 bits per heavy atom. The van der Waals surface area contributed by atoms with Crippen molar-refractivity contribution in [2.45, 2.75) is 51.4 Å². The molecular weight excluding hydrogens is 560 g/mol. The quantitative estimate of drug-likeness (QED) is 0.0816. The maximum Gasteiger partial charge on any atom is 0.344 e. The highest BCUT2D eigenvalue weighted by atomic mass is 16.6. The summed E-state index contributed by atoms with van der Waals surface area (Å²) >= 11 is 0. The van der Waals surface area contributed by atoms with Gasteiger partial charge in [0.25, 0.3) is 0 Å². The van der Waals surface area contributed by atoms with E-state index in [1.165, 1.54) is 0 Å². The molecule has 0 aromatic carbocycles. The van der Waals surface area contributed by atoms with Gasteiger partial charge >= 0.3 is 47.8 Å². The van der Waals surface area contributed by atoms with E-state index < -0.39 is 87.4 Å². The van der Waals surface area contributed by atoms with E-state index in [1.807, 2.05) is 0 Å². The monoisotopic (exact) mass is 594 g/mol. The Morgan fingerprint density at radius 2 is 0.659 bits per heavy atom. The van der Waals surface area contributed by atoms with Crippen LogP contribution in [0.1, 0.15) is 51.4 Å². The molecule has 0 saturated carbocycles. The lowest BCUT2D eigenvalue weighted by Gasteiger charge is -2.08. The zero-order valence-corrected chi connectivity index (χ0v) is 22.3. The first-order valence-corrected chi connectivity index (χ1v) is 12.4. The van der Waals surface area contributed by atoms with Gasteiger partial charge in [-0.15, -0.1) is 0 Å². The van der Waals surface area contributed by atoms with Gasteiger partial charge in [0.05, 0.1) is 13.2 Å². The summed E-state index contributed by atoms with van der Waals surface area (Å²) in [6, 6.07) is 0. The lowest BCUT2D eigenvalue weighted by Crippen LogP contribution is -2.25. The van der Waals surface area contributed by atoms with Crippen LogP contribution in [0.4, 0.5) is 0 Å². The van der Waals surface area contributed by atoms with Crippen LogP contribution in [0.2, 0.25) is 0 Å². The largest absolute Gasteiger partial charge is 0.481 e. The van der Waals surface area contributed by atoms with Crippen LogP contribution in [0, 0.1) is 0 Å². The Kier molecular flexibility index (Phi) is 21.1. The van der Waals surface area contributed by atoms with Crippen LogP contribution in [0.25, 0.3) is 0 Å². The first-order chi connectivity index (χ1) is 19.5. The van der Waals surface area contributed by atoms with Crippen molar-refractivity contribution >= 4 is 47.8 Å². The zero-order chi connectivity index (χ0) is 30.9. The molecule has 0 heterocycles. The smallest absolute Gasteiger partial charge is 0.344 e. The number of unbranched alkanes of at least 4 members (excludes halogenated alkanes) is 4. The highest BCUT2D eigenvalue weighted by Crippen LogP contribution is 2.01. The predicted octanol–water partition coefficient (Wildman–Crippen LogP) is -0.448. The molecule has 17 nitrogen and oxygen atoms in total. The van der Waals surface area contributed by atoms with Gasteiger partial charge in [-0.25, -0.2) is 28.8 Å². The maximum atomic E-state index is 11.5. The first kappa shape index (κ1) is 36.7. The molecule has 0 bridgehead atoms. The number of rotatable bonds is 24. The van der Waals surface area contributed by atoms with Crippen LogP contribution in [0.15, 0.2) is 0 Å².